The average Bonchev–Trinajstić information content (AvgIpc) is 3.37. The van der Waals surface area contributed by atoms with E-state index in [9.17, 15) is 9.18 Å². The van der Waals surface area contributed by atoms with Crippen LogP contribution in [0.3, 0.4) is 0 Å². The van der Waals surface area contributed by atoms with E-state index in [4.69, 9.17) is 5.73 Å². The van der Waals surface area contributed by atoms with Crippen molar-refractivity contribution in [1.29, 1.82) is 0 Å². The third-order valence-electron chi connectivity index (χ3n) is 5.75. The smallest absolute Gasteiger partial charge is 0.312 e. The molecule has 1 aromatic carbocycles. The van der Waals surface area contributed by atoms with Crippen LogP contribution in [0.15, 0.2) is 30.5 Å². The number of likely N-dealkylation sites (tertiary alicyclic amines) is 1. The Morgan fingerprint density at radius 1 is 1.14 bits per heavy atom. The van der Waals surface area contributed by atoms with Crippen LogP contribution in [0.2, 0.25) is 0 Å². The minimum atomic E-state index is -0.561. The Balaban J connectivity index is 1.27. The zero-order valence-corrected chi connectivity index (χ0v) is 15.8. The van der Waals surface area contributed by atoms with Gasteiger partial charge in [0.2, 0.25) is 0 Å². The van der Waals surface area contributed by atoms with Gasteiger partial charge in [-0.25, -0.2) is 13.9 Å². The summed E-state index contributed by atoms with van der Waals surface area (Å²) in [6.45, 7) is 4.36. The Morgan fingerprint density at radius 2 is 1.86 bits per heavy atom. The lowest BCUT2D eigenvalue weighted by Gasteiger charge is -2.35. The molecule has 3 N–H and O–H groups in total. The van der Waals surface area contributed by atoms with Gasteiger partial charge in [0.05, 0.1) is 18.8 Å². The summed E-state index contributed by atoms with van der Waals surface area (Å²) in [5.74, 6) is -0.191. The van der Waals surface area contributed by atoms with Gasteiger partial charge < -0.3 is 16.0 Å². The van der Waals surface area contributed by atoms with Gasteiger partial charge in [-0.3, -0.25) is 4.90 Å². The number of carbonyl (C=O) groups excluding carboxylic acids is 1. The first kappa shape index (κ1) is 18.7. The number of halogens is 1. The summed E-state index contributed by atoms with van der Waals surface area (Å²) in [6, 6.07) is 7.09. The number of nitrogens with zero attached hydrogens (tertiary/aromatic N) is 5. The third-order valence-corrected chi connectivity index (χ3v) is 5.75. The largest absolute Gasteiger partial charge is 0.370 e. The molecule has 2 amide bonds. The van der Waals surface area contributed by atoms with Crippen LogP contribution < -0.4 is 16.0 Å². The second-order valence-corrected chi connectivity index (χ2v) is 7.54. The molecule has 0 spiro atoms. The maximum absolute atomic E-state index is 13.1. The van der Waals surface area contributed by atoms with Crippen LogP contribution in [-0.2, 0) is 6.54 Å². The fourth-order valence-corrected chi connectivity index (χ4v) is 4.19. The van der Waals surface area contributed by atoms with Gasteiger partial charge in [0.1, 0.15) is 11.5 Å². The fourth-order valence-electron chi connectivity index (χ4n) is 4.19. The van der Waals surface area contributed by atoms with Crippen molar-refractivity contribution in [3.05, 3.63) is 42.0 Å². The van der Waals surface area contributed by atoms with E-state index in [1.807, 2.05) is 23.0 Å². The standard InChI is InChI=1S/C19H26FN7O/c20-14-1-3-16(4-2-14)26-10-7-18(13-26)25-8-5-17(6-9-25)27-12-15(23-24-27)11-22-19(21)28/h1-4,12,17-18H,5-11,13H2,(H3,21,22,28)/t18-/m0/s1. The molecular formula is C19H26FN7O. The van der Waals surface area contributed by atoms with E-state index >= 15 is 0 Å². The van der Waals surface area contributed by atoms with Crippen molar-refractivity contribution in [1.82, 2.24) is 25.2 Å². The SMILES string of the molecule is NC(=O)NCc1cn(C2CCN([C@H]3CCN(c4ccc(F)cc4)C3)CC2)nn1. The van der Waals surface area contributed by atoms with Crippen LogP contribution in [0, 0.1) is 5.82 Å². The Bertz CT molecular complexity index is 801. The highest BCUT2D eigenvalue weighted by molar-refractivity contribution is 5.71. The number of urea groups is 1. The minimum Gasteiger partial charge on any atom is -0.370 e. The number of anilines is 1. The van der Waals surface area contributed by atoms with Crippen molar-refractivity contribution < 1.29 is 9.18 Å². The van der Waals surface area contributed by atoms with E-state index in [1.54, 1.807) is 0 Å². The molecule has 0 radical (unpaired) electrons. The molecule has 2 saturated heterocycles. The number of aromatic nitrogens is 3. The Labute approximate surface area is 163 Å². The highest BCUT2D eigenvalue weighted by atomic mass is 19.1. The second-order valence-electron chi connectivity index (χ2n) is 7.54. The number of carbonyl (C=O) groups is 1. The number of benzene rings is 1. The summed E-state index contributed by atoms with van der Waals surface area (Å²) in [5, 5.41) is 10.9. The van der Waals surface area contributed by atoms with Crippen molar-refractivity contribution in [3.63, 3.8) is 0 Å². The Hall–Kier alpha value is -2.68. The molecule has 0 unspecified atom stereocenters. The van der Waals surface area contributed by atoms with Crippen LogP contribution in [0.4, 0.5) is 14.9 Å². The molecule has 4 rings (SSSR count). The van der Waals surface area contributed by atoms with Crippen molar-refractivity contribution in [2.24, 2.45) is 5.73 Å². The maximum atomic E-state index is 13.1. The topological polar surface area (TPSA) is 92.3 Å². The fraction of sp³-hybridized carbons (Fsp3) is 0.526. The zero-order chi connectivity index (χ0) is 19.5. The monoisotopic (exact) mass is 387 g/mol. The Morgan fingerprint density at radius 3 is 2.57 bits per heavy atom. The highest BCUT2D eigenvalue weighted by Crippen LogP contribution is 2.28. The van der Waals surface area contributed by atoms with Crippen molar-refractivity contribution in [2.75, 3.05) is 31.1 Å². The van der Waals surface area contributed by atoms with Gasteiger partial charge in [0.15, 0.2) is 0 Å². The minimum absolute atomic E-state index is 0.191. The number of hydrogen-bond donors (Lipinski definition) is 2. The third kappa shape index (κ3) is 4.24. The first-order chi connectivity index (χ1) is 13.6. The number of piperidine rings is 1. The molecule has 2 aromatic rings. The molecule has 8 nitrogen and oxygen atoms in total. The predicted molar refractivity (Wildman–Crippen MR) is 103 cm³/mol. The van der Waals surface area contributed by atoms with E-state index in [0.717, 1.165) is 51.1 Å². The molecule has 28 heavy (non-hydrogen) atoms. The number of amides is 2. The number of nitrogens with two attached hydrogens (primary N) is 1. The number of primary amides is 1. The lowest BCUT2D eigenvalue weighted by atomic mass is 10.0. The number of hydrogen-bond acceptors (Lipinski definition) is 5. The van der Waals surface area contributed by atoms with Gasteiger partial charge in [0, 0.05) is 37.9 Å². The maximum Gasteiger partial charge on any atom is 0.312 e. The van der Waals surface area contributed by atoms with Crippen LogP contribution >= 0.6 is 0 Å². The molecule has 9 heteroatoms. The molecule has 0 saturated carbocycles. The van der Waals surface area contributed by atoms with E-state index in [1.165, 1.54) is 12.1 Å². The highest BCUT2D eigenvalue weighted by Gasteiger charge is 2.31. The van der Waals surface area contributed by atoms with Crippen molar-refractivity contribution in [3.8, 4) is 0 Å². The van der Waals surface area contributed by atoms with E-state index in [2.05, 4.69) is 25.4 Å². The predicted octanol–water partition coefficient (Wildman–Crippen LogP) is 1.50. The molecule has 150 valence electrons. The summed E-state index contributed by atoms with van der Waals surface area (Å²) in [5.41, 5.74) is 6.90. The van der Waals surface area contributed by atoms with Gasteiger partial charge in [0.25, 0.3) is 0 Å². The lowest BCUT2D eigenvalue weighted by Crippen LogP contribution is -2.43. The first-order valence-corrected chi connectivity index (χ1v) is 9.77. The average molecular weight is 387 g/mol. The molecular weight excluding hydrogens is 361 g/mol. The zero-order valence-electron chi connectivity index (χ0n) is 15.8. The van der Waals surface area contributed by atoms with Gasteiger partial charge in [-0.1, -0.05) is 5.21 Å². The van der Waals surface area contributed by atoms with Gasteiger partial charge in [-0.2, -0.15) is 0 Å². The number of nitrogens with one attached hydrogen (secondary N) is 1. The molecule has 0 aliphatic carbocycles. The summed E-state index contributed by atoms with van der Waals surface area (Å²) >= 11 is 0. The van der Waals surface area contributed by atoms with Gasteiger partial charge in [-0.15, -0.1) is 5.10 Å². The summed E-state index contributed by atoms with van der Waals surface area (Å²) in [7, 11) is 0. The van der Waals surface area contributed by atoms with Crippen LogP contribution in [-0.4, -0.2) is 58.1 Å². The first-order valence-electron chi connectivity index (χ1n) is 9.77. The van der Waals surface area contributed by atoms with E-state index < -0.39 is 6.03 Å². The Kier molecular flexibility index (Phi) is 5.43. The molecule has 1 aromatic heterocycles. The van der Waals surface area contributed by atoms with E-state index in [-0.39, 0.29) is 5.82 Å². The normalized spacial score (nSPS) is 21.2. The lowest BCUT2D eigenvalue weighted by molar-refractivity contribution is 0.138. The van der Waals surface area contributed by atoms with Gasteiger partial charge in [-0.05, 0) is 43.5 Å². The van der Waals surface area contributed by atoms with Crippen molar-refractivity contribution in [2.45, 2.75) is 37.9 Å². The molecule has 2 aliphatic heterocycles. The molecule has 0 bridgehead atoms. The summed E-state index contributed by atoms with van der Waals surface area (Å²) in [4.78, 5) is 15.7. The molecule has 1 atom stereocenters. The summed E-state index contributed by atoms with van der Waals surface area (Å²) in [6.07, 6.45) is 5.08. The number of rotatable bonds is 5. The van der Waals surface area contributed by atoms with Crippen LogP contribution in [0.25, 0.3) is 0 Å². The quantitative estimate of drug-likeness (QED) is 0.811. The van der Waals surface area contributed by atoms with Crippen LogP contribution in [0.1, 0.15) is 31.0 Å². The molecule has 2 fully saturated rings. The van der Waals surface area contributed by atoms with Gasteiger partial charge >= 0.3 is 6.03 Å². The van der Waals surface area contributed by atoms with Crippen LogP contribution in [0.5, 0.6) is 0 Å². The summed E-state index contributed by atoms with van der Waals surface area (Å²) < 4.78 is 15.0. The van der Waals surface area contributed by atoms with Crippen molar-refractivity contribution >= 4 is 11.7 Å². The molecule has 3 heterocycles. The molecule has 2 aliphatic rings. The van der Waals surface area contributed by atoms with E-state index in [0.29, 0.717) is 24.3 Å². The second kappa shape index (κ2) is 8.14.